The van der Waals surface area contributed by atoms with E-state index >= 15 is 0 Å². The lowest BCUT2D eigenvalue weighted by molar-refractivity contribution is -0.0649. The van der Waals surface area contributed by atoms with Gasteiger partial charge in [-0.1, -0.05) is 0 Å². The van der Waals surface area contributed by atoms with E-state index in [4.69, 9.17) is 9.84 Å². The topological polar surface area (TPSA) is 101 Å². The molecule has 3 aliphatic rings. The summed E-state index contributed by atoms with van der Waals surface area (Å²) in [5.41, 5.74) is 5.16. The van der Waals surface area contributed by atoms with Crippen molar-refractivity contribution in [1.82, 2.24) is 30.2 Å². The normalized spacial score (nSPS) is 19.3. The Morgan fingerprint density at radius 2 is 1.73 bits per heavy atom. The molecule has 0 spiro atoms. The van der Waals surface area contributed by atoms with Crippen LogP contribution in [0.5, 0.6) is 0 Å². The highest BCUT2D eigenvalue weighted by atomic mass is 16.5. The first kappa shape index (κ1) is 25.5. The van der Waals surface area contributed by atoms with Crippen molar-refractivity contribution in [2.75, 3.05) is 36.5 Å². The molecule has 2 aromatic carbocycles. The molecule has 0 atom stereocenters. The quantitative estimate of drug-likeness (QED) is 0.314. The van der Waals surface area contributed by atoms with Crippen LogP contribution in [0.1, 0.15) is 48.5 Å². The Kier molecular flexibility index (Phi) is 6.29. The molecule has 7 rings (SSSR count). The van der Waals surface area contributed by atoms with Gasteiger partial charge in [0.25, 0.3) is 5.91 Å². The van der Waals surface area contributed by atoms with Crippen molar-refractivity contribution in [3.8, 4) is 0 Å². The van der Waals surface area contributed by atoms with E-state index in [1.54, 1.807) is 0 Å². The van der Waals surface area contributed by atoms with E-state index in [9.17, 15) is 4.79 Å². The maximum atomic E-state index is 13.7. The minimum absolute atomic E-state index is 0.0321. The molecule has 2 aliphatic heterocycles. The number of amides is 1. The number of nitrogens with one attached hydrogen (secondary N) is 3. The van der Waals surface area contributed by atoms with E-state index in [0.29, 0.717) is 31.4 Å². The van der Waals surface area contributed by atoms with E-state index in [-0.39, 0.29) is 11.4 Å². The van der Waals surface area contributed by atoms with Crippen molar-refractivity contribution < 1.29 is 9.53 Å². The summed E-state index contributed by atoms with van der Waals surface area (Å²) in [5.74, 6) is -0.163. The third kappa shape index (κ3) is 4.95. The van der Waals surface area contributed by atoms with Crippen LogP contribution < -0.4 is 20.9 Å². The molecule has 4 aromatic rings. The summed E-state index contributed by atoms with van der Waals surface area (Å²) in [4.78, 5) is 16.1. The molecular formula is C30H38N8O2. The fourth-order valence-corrected chi connectivity index (χ4v) is 6.09. The van der Waals surface area contributed by atoms with Crippen molar-refractivity contribution in [1.29, 1.82) is 0 Å². The number of ether oxygens (including phenoxy) is 1. The minimum atomic E-state index is -0.163. The highest BCUT2D eigenvalue weighted by Gasteiger charge is 2.33. The highest BCUT2D eigenvalue weighted by molar-refractivity contribution is 6.14. The summed E-state index contributed by atoms with van der Waals surface area (Å²) in [6, 6.07) is 9.38. The van der Waals surface area contributed by atoms with Crippen LogP contribution in [0.4, 0.5) is 11.4 Å². The lowest BCUT2D eigenvalue weighted by Gasteiger charge is -2.39. The van der Waals surface area contributed by atoms with Gasteiger partial charge in [0.2, 0.25) is 0 Å². The summed E-state index contributed by atoms with van der Waals surface area (Å²) < 4.78 is 9.02. The number of benzene rings is 2. The maximum absolute atomic E-state index is 13.7. The van der Waals surface area contributed by atoms with E-state index in [2.05, 4.69) is 38.9 Å². The van der Waals surface area contributed by atoms with Crippen LogP contribution in [-0.2, 0) is 25.4 Å². The van der Waals surface area contributed by atoms with Gasteiger partial charge in [0, 0.05) is 80.4 Å². The molecule has 0 bridgehead atoms. The summed E-state index contributed by atoms with van der Waals surface area (Å²) >= 11 is 0. The molecule has 210 valence electrons. The molecule has 1 amide bonds. The second-order valence-electron chi connectivity index (χ2n) is 12.1. The molecule has 1 aliphatic carbocycles. The molecule has 40 heavy (non-hydrogen) atoms. The second kappa shape index (κ2) is 9.87. The van der Waals surface area contributed by atoms with Crippen molar-refractivity contribution in [2.45, 2.75) is 56.8 Å². The Bertz CT molecular complexity index is 1570. The number of carbonyl (C=O) groups excluding carboxylic acids is 1. The molecule has 3 fully saturated rings. The average Bonchev–Trinajstić information content (AvgIpc) is 3.51. The number of hydrogen-bond donors (Lipinski definition) is 3. The van der Waals surface area contributed by atoms with Crippen molar-refractivity contribution in [3.63, 3.8) is 0 Å². The van der Waals surface area contributed by atoms with Gasteiger partial charge in [0.15, 0.2) is 0 Å². The number of nitrogens with zero attached hydrogens (tertiary/aromatic N) is 5. The van der Waals surface area contributed by atoms with Crippen LogP contribution in [0, 0.1) is 0 Å². The SMILES string of the molecule is Cn1cc2cc(NC(=O)c3ccc(N4CCC(NC5CC5)CC4)c4cn(C)nc34)cc(CNC3(C)COC3)c2n1. The lowest BCUT2D eigenvalue weighted by Crippen LogP contribution is -2.57. The molecule has 4 heterocycles. The Morgan fingerprint density at radius 3 is 2.45 bits per heavy atom. The first-order chi connectivity index (χ1) is 19.3. The van der Waals surface area contributed by atoms with Crippen LogP contribution in [0.25, 0.3) is 21.8 Å². The van der Waals surface area contributed by atoms with Gasteiger partial charge in [-0.3, -0.25) is 14.2 Å². The monoisotopic (exact) mass is 542 g/mol. The predicted octanol–water partition coefficient (Wildman–Crippen LogP) is 3.31. The van der Waals surface area contributed by atoms with Crippen LogP contribution in [0.3, 0.4) is 0 Å². The zero-order valence-electron chi connectivity index (χ0n) is 23.5. The van der Waals surface area contributed by atoms with Crippen LogP contribution >= 0.6 is 0 Å². The smallest absolute Gasteiger partial charge is 0.257 e. The Morgan fingerprint density at radius 1 is 1.00 bits per heavy atom. The average molecular weight is 543 g/mol. The van der Waals surface area contributed by atoms with Gasteiger partial charge in [-0.2, -0.15) is 10.2 Å². The Labute approximate surface area is 234 Å². The van der Waals surface area contributed by atoms with Gasteiger partial charge in [-0.05, 0) is 62.4 Å². The molecule has 2 saturated heterocycles. The van der Waals surface area contributed by atoms with Gasteiger partial charge < -0.3 is 25.6 Å². The van der Waals surface area contributed by atoms with Crippen molar-refractivity contribution in [3.05, 3.63) is 47.8 Å². The molecule has 10 nitrogen and oxygen atoms in total. The largest absolute Gasteiger partial charge is 0.377 e. The fraction of sp³-hybridized carbons (Fsp3) is 0.500. The molecular weight excluding hydrogens is 504 g/mol. The van der Waals surface area contributed by atoms with E-state index in [0.717, 1.165) is 70.7 Å². The van der Waals surface area contributed by atoms with E-state index in [1.807, 2.05) is 54.1 Å². The minimum Gasteiger partial charge on any atom is -0.377 e. The second-order valence-corrected chi connectivity index (χ2v) is 12.1. The van der Waals surface area contributed by atoms with Gasteiger partial charge in [-0.15, -0.1) is 0 Å². The molecule has 3 N–H and O–H groups in total. The Hall–Kier alpha value is -3.47. The number of carbonyl (C=O) groups is 1. The number of piperidine rings is 1. The van der Waals surface area contributed by atoms with Gasteiger partial charge in [-0.25, -0.2) is 0 Å². The molecule has 10 heteroatoms. The zero-order chi connectivity index (χ0) is 27.4. The lowest BCUT2D eigenvalue weighted by atomic mass is 10.00. The van der Waals surface area contributed by atoms with Crippen molar-refractivity contribution in [2.24, 2.45) is 14.1 Å². The number of hydrogen-bond acceptors (Lipinski definition) is 7. The van der Waals surface area contributed by atoms with Gasteiger partial charge in [0.05, 0.1) is 29.8 Å². The fourth-order valence-electron chi connectivity index (χ4n) is 6.09. The van der Waals surface area contributed by atoms with Crippen LogP contribution in [-0.4, -0.2) is 69.4 Å². The predicted molar refractivity (Wildman–Crippen MR) is 157 cm³/mol. The molecule has 2 aromatic heterocycles. The Balaban J connectivity index is 1.13. The summed E-state index contributed by atoms with van der Waals surface area (Å²) in [6.45, 7) is 6.20. The number of rotatable bonds is 8. The van der Waals surface area contributed by atoms with E-state index < -0.39 is 0 Å². The summed E-state index contributed by atoms with van der Waals surface area (Å²) in [7, 11) is 3.84. The number of fused-ring (bicyclic) bond motifs is 2. The number of anilines is 2. The standard InChI is InChI=1S/C30H38N8O2/c1-30(17-40-18-30)31-14-19-12-23(13-20-15-36(2)34-27(19)20)33-29(39)24-6-7-26(25-16-37(3)35-28(24)25)38-10-8-22(9-11-38)32-21-4-5-21/h6-7,12-13,15-16,21-22,31-32H,4-5,8-11,14,17-18H2,1-3H3,(H,33,39). The molecule has 0 radical (unpaired) electrons. The summed E-state index contributed by atoms with van der Waals surface area (Å²) in [5, 5.41) is 21.9. The van der Waals surface area contributed by atoms with Gasteiger partial charge >= 0.3 is 0 Å². The van der Waals surface area contributed by atoms with Crippen LogP contribution in [0.15, 0.2) is 36.7 Å². The number of aromatic nitrogens is 4. The van der Waals surface area contributed by atoms with Crippen LogP contribution in [0.2, 0.25) is 0 Å². The highest BCUT2D eigenvalue weighted by Crippen LogP contribution is 2.32. The first-order valence-corrected chi connectivity index (χ1v) is 14.4. The maximum Gasteiger partial charge on any atom is 0.257 e. The van der Waals surface area contributed by atoms with Crippen molar-refractivity contribution >= 4 is 39.1 Å². The first-order valence-electron chi connectivity index (χ1n) is 14.4. The number of aryl methyl sites for hydroxylation is 2. The third-order valence-corrected chi connectivity index (χ3v) is 8.50. The molecule has 1 saturated carbocycles. The summed E-state index contributed by atoms with van der Waals surface area (Å²) in [6.07, 6.45) is 8.94. The van der Waals surface area contributed by atoms with Gasteiger partial charge in [0.1, 0.15) is 5.52 Å². The van der Waals surface area contributed by atoms with E-state index in [1.165, 1.54) is 12.8 Å². The third-order valence-electron chi connectivity index (χ3n) is 8.50. The molecule has 0 unspecified atom stereocenters. The zero-order valence-corrected chi connectivity index (χ0v) is 23.5.